The number of fused-ring (bicyclic) bond motifs is 3. The molecule has 55 heavy (non-hydrogen) atoms. The van der Waals surface area contributed by atoms with Crippen LogP contribution >= 0.6 is 31.9 Å². The van der Waals surface area contributed by atoms with Gasteiger partial charge in [-0.15, -0.1) is 0 Å². The van der Waals surface area contributed by atoms with Crippen molar-refractivity contribution in [1.29, 1.82) is 0 Å². The lowest BCUT2D eigenvalue weighted by atomic mass is 9.67. The molecule has 7 rings (SSSR count). The molecule has 6 aromatic carbocycles. The van der Waals surface area contributed by atoms with Crippen molar-refractivity contribution in [2.45, 2.75) is 44.9 Å². The summed E-state index contributed by atoms with van der Waals surface area (Å²) in [7, 11) is 0. The first-order valence-corrected chi connectivity index (χ1v) is 20.3. The van der Waals surface area contributed by atoms with Crippen LogP contribution in [0.3, 0.4) is 0 Å². The average molecular weight is 859 g/mol. The summed E-state index contributed by atoms with van der Waals surface area (Å²) in [6.07, 6.45) is 4.04. The normalized spacial score (nSPS) is 12.4. The van der Waals surface area contributed by atoms with Gasteiger partial charge in [0.1, 0.15) is 11.5 Å². The van der Waals surface area contributed by atoms with E-state index < -0.39 is 5.41 Å². The minimum atomic E-state index is -0.644. The Balaban J connectivity index is 1.17. The van der Waals surface area contributed by atoms with Crippen LogP contribution in [0.5, 0.6) is 11.5 Å². The molecular formula is C47H42Br2N2O4. The summed E-state index contributed by atoms with van der Waals surface area (Å²) in [6, 6.07) is 44.1. The predicted octanol–water partition coefficient (Wildman–Crippen LogP) is 12.4. The molecule has 0 heterocycles. The van der Waals surface area contributed by atoms with E-state index in [9.17, 15) is 9.59 Å². The molecular weight excluding hydrogens is 816 g/mol. The summed E-state index contributed by atoms with van der Waals surface area (Å²) >= 11 is 7.13. The highest BCUT2D eigenvalue weighted by Gasteiger charge is 2.45. The second kappa shape index (κ2) is 17.1. The van der Waals surface area contributed by atoms with Gasteiger partial charge in [-0.1, -0.05) is 99.5 Å². The molecule has 1 aliphatic carbocycles. The molecule has 0 aliphatic heterocycles. The number of anilines is 2. The van der Waals surface area contributed by atoms with Crippen LogP contribution in [0.1, 0.15) is 82.5 Å². The SMILES string of the molecule is CCCCOc1ccc(C(=O)Nc2ccc(C3(c4ccc(NC(=O)c5ccc(OCCCC)c(Br)c5)cc4)c4ccccc4-c4ccccc43)cc2)cc1Br. The number of rotatable bonds is 14. The highest BCUT2D eigenvalue weighted by molar-refractivity contribution is 9.11. The van der Waals surface area contributed by atoms with Crippen LogP contribution in [0.15, 0.2) is 142 Å². The van der Waals surface area contributed by atoms with Gasteiger partial charge in [-0.05, 0) is 139 Å². The number of hydrogen-bond acceptors (Lipinski definition) is 4. The Hall–Kier alpha value is -5.18. The lowest BCUT2D eigenvalue weighted by molar-refractivity contribution is 0.101. The van der Waals surface area contributed by atoms with E-state index in [0.29, 0.717) is 35.7 Å². The number of nitrogens with one attached hydrogen (secondary N) is 2. The van der Waals surface area contributed by atoms with E-state index in [-0.39, 0.29) is 11.8 Å². The number of unbranched alkanes of at least 4 members (excludes halogenated alkanes) is 2. The Morgan fingerprint density at radius 2 is 0.945 bits per heavy atom. The molecule has 0 atom stereocenters. The molecule has 0 saturated heterocycles. The molecule has 278 valence electrons. The van der Waals surface area contributed by atoms with Gasteiger partial charge in [-0.25, -0.2) is 0 Å². The second-order valence-corrected chi connectivity index (χ2v) is 15.3. The molecule has 0 unspecified atom stereocenters. The zero-order valence-corrected chi connectivity index (χ0v) is 34.0. The summed E-state index contributed by atoms with van der Waals surface area (Å²) in [6.45, 7) is 5.51. The quantitative estimate of drug-likeness (QED) is 0.107. The summed E-state index contributed by atoms with van der Waals surface area (Å²) < 4.78 is 13.2. The molecule has 0 radical (unpaired) electrons. The van der Waals surface area contributed by atoms with Crippen molar-refractivity contribution in [2.24, 2.45) is 0 Å². The summed E-state index contributed by atoms with van der Waals surface area (Å²) in [5.41, 5.74) is 8.59. The molecule has 0 fully saturated rings. The second-order valence-electron chi connectivity index (χ2n) is 13.6. The third-order valence-corrected chi connectivity index (χ3v) is 11.2. The van der Waals surface area contributed by atoms with Crippen LogP contribution in [0, 0.1) is 0 Å². The number of halogens is 2. The fourth-order valence-electron chi connectivity index (χ4n) is 7.21. The fourth-order valence-corrected chi connectivity index (χ4v) is 8.20. The highest BCUT2D eigenvalue weighted by Crippen LogP contribution is 2.56. The Labute approximate surface area is 339 Å². The van der Waals surface area contributed by atoms with Gasteiger partial charge in [0.2, 0.25) is 0 Å². The molecule has 2 N–H and O–H groups in total. The minimum Gasteiger partial charge on any atom is -0.492 e. The monoisotopic (exact) mass is 856 g/mol. The molecule has 8 heteroatoms. The third kappa shape index (κ3) is 7.84. The van der Waals surface area contributed by atoms with Crippen LogP contribution in [0.4, 0.5) is 11.4 Å². The molecule has 2 amide bonds. The van der Waals surface area contributed by atoms with Crippen LogP contribution < -0.4 is 20.1 Å². The first-order valence-electron chi connectivity index (χ1n) is 18.7. The van der Waals surface area contributed by atoms with Crippen LogP contribution in [0.25, 0.3) is 11.1 Å². The van der Waals surface area contributed by atoms with Gasteiger partial charge in [0.05, 0.1) is 27.6 Å². The number of carbonyl (C=O) groups excluding carboxylic acids is 2. The summed E-state index contributed by atoms with van der Waals surface area (Å²) in [5, 5.41) is 6.14. The van der Waals surface area contributed by atoms with Crippen molar-refractivity contribution < 1.29 is 19.1 Å². The van der Waals surface area contributed by atoms with Crippen molar-refractivity contribution in [3.05, 3.63) is 176 Å². The minimum absolute atomic E-state index is 0.207. The van der Waals surface area contributed by atoms with E-state index >= 15 is 0 Å². The molecule has 0 aromatic heterocycles. The smallest absolute Gasteiger partial charge is 0.255 e. The first-order chi connectivity index (χ1) is 26.8. The lowest BCUT2D eigenvalue weighted by Crippen LogP contribution is -2.28. The number of hydrogen-bond donors (Lipinski definition) is 2. The van der Waals surface area contributed by atoms with Crippen LogP contribution in [-0.2, 0) is 5.41 Å². The Morgan fingerprint density at radius 3 is 1.33 bits per heavy atom. The van der Waals surface area contributed by atoms with E-state index in [2.05, 4.69) is 129 Å². The largest absolute Gasteiger partial charge is 0.492 e. The van der Waals surface area contributed by atoms with Gasteiger partial charge in [-0.3, -0.25) is 9.59 Å². The zero-order valence-electron chi connectivity index (χ0n) is 30.8. The predicted molar refractivity (Wildman–Crippen MR) is 229 cm³/mol. The Morgan fingerprint density at radius 1 is 0.545 bits per heavy atom. The maximum absolute atomic E-state index is 13.4. The van der Waals surface area contributed by atoms with Gasteiger partial charge in [0, 0.05) is 22.5 Å². The number of benzene rings is 6. The van der Waals surface area contributed by atoms with Gasteiger partial charge < -0.3 is 20.1 Å². The van der Waals surface area contributed by atoms with E-state index in [1.807, 2.05) is 36.4 Å². The van der Waals surface area contributed by atoms with Crippen molar-refractivity contribution >= 4 is 55.0 Å². The van der Waals surface area contributed by atoms with E-state index in [1.165, 1.54) is 22.3 Å². The summed E-state index contributed by atoms with van der Waals surface area (Å²) in [5.74, 6) is 1.03. The third-order valence-electron chi connectivity index (χ3n) is 10.0. The summed E-state index contributed by atoms with van der Waals surface area (Å²) in [4.78, 5) is 26.7. The van der Waals surface area contributed by atoms with Crippen molar-refractivity contribution in [1.82, 2.24) is 0 Å². The van der Waals surface area contributed by atoms with Crippen LogP contribution in [0.2, 0.25) is 0 Å². The number of ether oxygens (including phenoxy) is 2. The molecule has 0 spiro atoms. The Bertz CT molecular complexity index is 2160. The molecule has 6 aromatic rings. The van der Waals surface area contributed by atoms with E-state index in [0.717, 1.165) is 57.3 Å². The molecule has 1 aliphatic rings. The average Bonchev–Trinajstić information content (AvgIpc) is 3.51. The van der Waals surface area contributed by atoms with Crippen molar-refractivity contribution in [2.75, 3.05) is 23.8 Å². The number of carbonyl (C=O) groups is 2. The van der Waals surface area contributed by atoms with Crippen molar-refractivity contribution in [3.63, 3.8) is 0 Å². The topological polar surface area (TPSA) is 76.7 Å². The molecule has 0 saturated carbocycles. The Kier molecular flexibility index (Phi) is 11.8. The van der Waals surface area contributed by atoms with E-state index in [1.54, 1.807) is 24.3 Å². The van der Waals surface area contributed by atoms with Crippen molar-refractivity contribution in [3.8, 4) is 22.6 Å². The first kappa shape index (κ1) is 38.1. The lowest BCUT2D eigenvalue weighted by Gasteiger charge is -2.34. The van der Waals surface area contributed by atoms with Gasteiger partial charge in [-0.2, -0.15) is 0 Å². The van der Waals surface area contributed by atoms with Gasteiger partial charge in [0.15, 0.2) is 0 Å². The van der Waals surface area contributed by atoms with Gasteiger partial charge in [0.25, 0.3) is 11.8 Å². The van der Waals surface area contributed by atoms with Gasteiger partial charge >= 0.3 is 0 Å². The van der Waals surface area contributed by atoms with E-state index in [4.69, 9.17) is 9.47 Å². The molecule has 6 nitrogen and oxygen atoms in total. The zero-order chi connectivity index (χ0) is 38.4. The standard InChI is InChI=1S/C47H42Br2N2O4/c1-3-5-27-54-43-25-15-31(29-41(43)48)45(52)50-35-21-17-33(18-22-35)47(39-13-9-7-11-37(39)38-12-8-10-14-40(38)47)34-19-23-36(24-20-34)51-46(53)32-16-26-44(42(49)30-32)55-28-6-4-2/h7-26,29-30H,3-6,27-28H2,1-2H3,(H,50,52)(H,51,53). The highest BCUT2D eigenvalue weighted by atomic mass is 79.9. The fraction of sp³-hybridized carbons (Fsp3) is 0.191. The van der Waals surface area contributed by atoms with Crippen LogP contribution in [-0.4, -0.2) is 25.0 Å². The number of amides is 2. The molecule has 0 bridgehead atoms. The maximum atomic E-state index is 13.4. The maximum Gasteiger partial charge on any atom is 0.255 e.